The van der Waals surface area contributed by atoms with Crippen LogP contribution in [0.1, 0.15) is 89.9 Å². The molecule has 120 valence electrons. The van der Waals surface area contributed by atoms with Gasteiger partial charge in [-0.1, -0.05) is 70.3 Å². The van der Waals surface area contributed by atoms with E-state index in [2.05, 4.69) is 28.4 Å². The van der Waals surface area contributed by atoms with Gasteiger partial charge >= 0.3 is 0 Å². The van der Waals surface area contributed by atoms with Crippen molar-refractivity contribution in [2.45, 2.75) is 89.9 Å². The smallest absolute Gasteiger partial charge is 0.119 e. The van der Waals surface area contributed by atoms with Crippen LogP contribution < -0.4 is 0 Å². The Morgan fingerprint density at radius 2 is 1.14 bits per heavy atom. The Morgan fingerprint density at radius 1 is 0.714 bits per heavy atom. The fourth-order valence-corrected chi connectivity index (χ4v) is 2.48. The molecular weight excluding hydrogens is 278 g/mol. The Kier molecular flexibility index (Phi) is 18.5. The van der Waals surface area contributed by atoms with Crippen LogP contribution >= 0.6 is 12.2 Å². The van der Waals surface area contributed by atoms with E-state index in [1.54, 1.807) is 6.20 Å². The number of rotatable bonds is 16. The van der Waals surface area contributed by atoms with E-state index in [9.17, 15) is 4.79 Å². The van der Waals surface area contributed by atoms with Crippen LogP contribution in [0.25, 0.3) is 0 Å². The Balaban J connectivity index is 3.02. The topological polar surface area (TPSA) is 29.4 Å². The van der Waals surface area contributed by atoms with Crippen LogP contribution in [-0.2, 0) is 4.79 Å². The van der Waals surface area contributed by atoms with Crippen molar-refractivity contribution in [3.05, 3.63) is 12.3 Å². The lowest BCUT2D eigenvalue weighted by molar-refractivity contribution is -0.107. The summed E-state index contributed by atoms with van der Waals surface area (Å²) in [7, 11) is 0. The van der Waals surface area contributed by atoms with Crippen LogP contribution in [0.2, 0.25) is 0 Å². The standard InChI is InChI=1S/C18H31NOS/c20-17-15-13-11-9-7-5-3-1-2-4-6-8-10-12-14-16-19-18-21/h14,16-17H,1-13,15H2/b16-14-. The normalized spacial score (nSPS) is 10.7. The van der Waals surface area contributed by atoms with Crippen molar-refractivity contribution in [1.82, 2.24) is 0 Å². The number of nitrogens with zero attached hydrogens (tertiary/aromatic N) is 1. The number of hydrogen-bond acceptors (Lipinski definition) is 3. The summed E-state index contributed by atoms with van der Waals surface area (Å²) in [4.78, 5) is 13.9. The molecule has 2 nitrogen and oxygen atoms in total. The first-order chi connectivity index (χ1) is 10.4. The second-order valence-electron chi connectivity index (χ2n) is 5.59. The molecule has 0 unspecified atom stereocenters. The third kappa shape index (κ3) is 19.2. The van der Waals surface area contributed by atoms with Crippen molar-refractivity contribution in [3.8, 4) is 0 Å². The number of hydrogen-bond donors (Lipinski definition) is 0. The number of aliphatic imine (C=N–C) groups is 1. The van der Waals surface area contributed by atoms with Gasteiger partial charge in [0.2, 0.25) is 0 Å². The highest BCUT2D eigenvalue weighted by Crippen LogP contribution is 2.12. The average molecular weight is 310 g/mol. The summed E-state index contributed by atoms with van der Waals surface area (Å²) in [5.41, 5.74) is 0. The maximum atomic E-state index is 10.2. The number of carbonyl (C=O) groups is 1. The SMILES string of the molecule is O=CCCCCCCCCCCCCCC/C=C\N=C=S. The number of allylic oxidation sites excluding steroid dienone is 1. The summed E-state index contributed by atoms with van der Waals surface area (Å²) in [6.07, 6.45) is 22.5. The summed E-state index contributed by atoms with van der Waals surface area (Å²) in [6.45, 7) is 0. The molecule has 0 radical (unpaired) electrons. The monoisotopic (exact) mass is 309 g/mol. The highest BCUT2D eigenvalue weighted by molar-refractivity contribution is 7.78. The lowest BCUT2D eigenvalue weighted by atomic mass is 10.0. The molecule has 21 heavy (non-hydrogen) atoms. The van der Waals surface area contributed by atoms with Crippen molar-refractivity contribution in [3.63, 3.8) is 0 Å². The Labute approximate surface area is 136 Å². The van der Waals surface area contributed by atoms with E-state index >= 15 is 0 Å². The lowest BCUT2D eigenvalue weighted by Crippen LogP contribution is -1.83. The van der Waals surface area contributed by atoms with E-state index in [4.69, 9.17) is 0 Å². The molecule has 0 N–H and O–H groups in total. The molecule has 0 aliphatic rings. The molecule has 0 spiro atoms. The molecule has 3 heteroatoms. The van der Waals surface area contributed by atoms with Gasteiger partial charge < -0.3 is 4.79 Å². The quantitative estimate of drug-likeness (QED) is 0.146. The van der Waals surface area contributed by atoms with Gasteiger partial charge in [0, 0.05) is 12.6 Å². The number of carbonyl (C=O) groups excluding carboxylic acids is 1. The first-order valence-electron chi connectivity index (χ1n) is 8.57. The molecule has 0 rings (SSSR count). The van der Waals surface area contributed by atoms with Crippen LogP contribution in [0.4, 0.5) is 0 Å². The van der Waals surface area contributed by atoms with E-state index < -0.39 is 0 Å². The summed E-state index contributed by atoms with van der Waals surface area (Å²) < 4.78 is 0. The molecule has 0 aliphatic heterocycles. The zero-order valence-electron chi connectivity index (χ0n) is 13.4. The van der Waals surface area contributed by atoms with Gasteiger partial charge in [-0.15, -0.1) is 0 Å². The largest absolute Gasteiger partial charge is 0.303 e. The molecule has 0 aromatic heterocycles. The van der Waals surface area contributed by atoms with E-state index in [0.29, 0.717) is 0 Å². The van der Waals surface area contributed by atoms with Gasteiger partial charge in [0.15, 0.2) is 0 Å². The van der Waals surface area contributed by atoms with Gasteiger partial charge in [-0.05, 0) is 31.5 Å². The minimum absolute atomic E-state index is 0.745. The highest BCUT2D eigenvalue weighted by Gasteiger charge is 1.93. The van der Waals surface area contributed by atoms with Crippen molar-refractivity contribution in [2.75, 3.05) is 0 Å². The average Bonchev–Trinajstić information content (AvgIpc) is 2.50. The fourth-order valence-electron chi connectivity index (χ4n) is 2.42. The molecule has 0 aliphatic carbocycles. The summed E-state index contributed by atoms with van der Waals surface area (Å²) >= 11 is 4.48. The predicted octanol–water partition coefficient (Wildman–Crippen LogP) is 6.26. The maximum absolute atomic E-state index is 10.2. The second-order valence-corrected chi connectivity index (χ2v) is 5.77. The predicted molar refractivity (Wildman–Crippen MR) is 94.9 cm³/mol. The van der Waals surface area contributed by atoms with Gasteiger partial charge in [-0.3, -0.25) is 0 Å². The summed E-state index contributed by atoms with van der Waals surface area (Å²) in [5, 5.41) is 2.33. The molecule has 0 saturated carbocycles. The molecular formula is C18H31NOS. The zero-order valence-corrected chi connectivity index (χ0v) is 14.2. The van der Waals surface area contributed by atoms with Crippen LogP contribution in [0.3, 0.4) is 0 Å². The van der Waals surface area contributed by atoms with E-state index in [-0.39, 0.29) is 0 Å². The van der Waals surface area contributed by atoms with Crippen molar-refractivity contribution < 1.29 is 4.79 Å². The Morgan fingerprint density at radius 3 is 1.57 bits per heavy atom. The van der Waals surface area contributed by atoms with Gasteiger partial charge in [0.05, 0.1) is 5.16 Å². The van der Waals surface area contributed by atoms with Crippen LogP contribution in [0.5, 0.6) is 0 Å². The molecule has 0 atom stereocenters. The minimum Gasteiger partial charge on any atom is -0.303 e. The summed E-state index contributed by atoms with van der Waals surface area (Å²) in [6, 6.07) is 0. The van der Waals surface area contributed by atoms with E-state index in [1.807, 2.05) is 0 Å². The van der Waals surface area contributed by atoms with Gasteiger partial charge in [0.25, 0.3) is 0 Å². The van der Waals surface area contributed by atoms with Crippen LogP contribution in [0.15, 0.2) is 17.3 Å². The number of aldehydes is 1. The Hall–Kier alpha value is -0.790. The van der Waals surface area contributed by atoms with Gasteiger partial charge in [-0.2, -0.15) is 0 Å². The van der Waals surface area contributed by atoms with Crippen LogP contribution in [0, 0.1) is 0 Å². The van der Waals surface area contributed by atoms with Crippen molar-refractivity contribution in [1.29, 1.82) is 0 Å². The third-order valence-corrected chi connectivity index (χ3v) is 3.78. The number of isothiocyanates is 1. The molecule has 0 amide bonds. The third-order valence-electron chi connectivity index (χ3n) is 3.68. The molecule has 0 fully saturated rings. The second kappa shape index (κ2) is 19.2. The molecule has 0 heterocycles. The number of unbranched alkanes of at least 4 members (excludes halogenated alkanes) is 13. The molecule has 0 aromatic carbocycles. The van der Waals surface area contributed by atoms with Gasteiger partial charge in [-0.25, -0.2) is 4.99 Å². The molecule has 0 bridgehead atoms. The minimum atomic E-state index is 0.745. The molecule has 0 aromatic rings. The zero-order chi connectivity index (χ0) is 15.4. The van der Waals surface area contributed by atoms with E-state index in [0.717, 1.165) is 25.5 Å². The van der Waals surface area contributed by atoms with Crippen LogP contribution in [-0.4, -0.2) is 11.4 Å². The highest BCUT2D eigenvalue weighted by atomic mass is 32.1. The molecule has 0 saturated heterocycles. The first kappa shape index (κ1) is 20.2. The fraction of sp³-hybridized carbons (Fsp3) is 0.778. The summed E-state index contributed by atoms with van der Waals surface area (Å²) in [5.74, 6) is 0. The Bertz CT molecular complexity index is 296. The van der Waals surface area contributed by atoms with Crippen molar-refractivity contribution in [2.24, 2.45) is 4.99 Å². The first-order valence-corrected chi connectivity index (χ1v) is 8.98. The lowest BCUT2D eigenvalue weighted by Gasteiger charge is -2.02. The van der Waals surface area contributed by atoms with Gasteiger partial charge in [0.1, 0.15) is 6.29 Å². The number of thiocarbonyl (C=S) groups is 1. The maximum Gasteiger partial charge on any atom is 0.119 e. The van der Waals surface area contributed by atoms with Crippen molar-refractivity contribution >= 4 is 23.7 Å². The van der Waals surface area contributed by atoms with E-state index in [1.165, 1.54) is 70.6 Å².